The molecule has 38 heavy (non-hydrogen) atoms. The maximum atomic E-state index is 2.53. The molecule has 0 saturated heterocycles. The van der Waals surface area contributed by atoms with Gasteiger partial charge in [-0.15, -0.1) is 11.8 Å². The van der Waals surface area contributed by atoms with E-state index in [1.807, 2.05) is 11.8 Å². The van der Waals surface area contributed by atoms with Crippen LogP contribution in [0.25, 0.3) is 61.1 Å². The van der Waals surface area contributed by atoms with E-state index in [0.29, 0.717) is 11.2 Å². The van der Waals surface area contributed by atoms with Gasteiger partial charge in [0.25, 0.3) is 0 Å². The van der Waals surface area contributed by atoms with E-state index in [-0.39, 0.29) is 0 Å². The molecule has 2 aliphatic rings. The second-order valence-electron chi connectivity index (χ2n) is 10.5. The lowest BCUT2D eigenvalue weighted by Gasteiger charge is -2.17. The Kier molecular flexibility index (Phi) is 4.16. The topological polar surface area (TPSA) is 4.93 Å². The Morgan fingerprint density at radius 2 is 1.13 bits per heavy atom. The van der Waals surface area contributed by atoms with Gasteiger partial charge in [-0.1, -0.05) is 97.1 Å². The van der Waals surface area contributed by atoms with E-state index in [4.69, 9.17) is 0 Å². The van der Waals surface area contributed by atoms with Crippen molar-refractivity contribution in [3.8, 4) is 5.69 Å². The number of benzene rings is 6. The van der Waals surface area contributed by atoms with Crippen LogP contribution in [0.2, 0.25) is 0 Å². The summed E-state index contributed by atoms with van der Waals surface area (Å²) in [5.41, 5.74) is 3.96. The van der Waals surface area contributed by atoms with E-state index in [0.717, 1.165) is 0 Å². The van der Waals surface area contributed by atoms with Crippen molar-refractivity contribution in [2.45, 2.75) is 16.1 Å². The molecule has 2 unspecified atom stereocenters. The van der Waals surface area contributed by atoms with Gasteiger partial charge in [-0.25, -0.2) is 0 Å². The number of hydrogen-bond donors (Lipinski definition) is 0. The van der Waals surface area contributed by atoms with Crippen LogP contribution in [0, 0.1) is 0 Å². The molecule has 2 heteroatoms. The minimum Gasteiger partial charge on any atom is -0.310 e. The first kappa shape index (κ1) is 20.7. The molecule has 1 nitrogen and oxygen atoms in total. The number of aromatic nitrogens is 1. The molecule has 7 aromatic rings. The summed E-state index contributed by atoms with van der Waals surface area (Å²) in [5.74, 6) is 0.426. The van der Waals surface area contributed by atoms with Crippen LogP contribution < -0.4 is 10.6 Å². The van der Waals surface area contributed by atoms with Crippen molar-refractivity contribution in [3.63, 3.8) is 0 Å². The van der Waals surface area contributed by atoms with Crippen LogP contribution in [0.15, 0.2) is 120 Å². The van der Waals surface area contributed by atoms with Gasteiger partial charge >= 0.3 is 0 Å². The van der Waals surface area contributed by atoms with Gasteiger partial charge < -0.3 is 4.57 Å². The molecule has 1 aliphatic heterocycles. The van der Waals surface area contributed by atoms with E-state index in [1.54, 1.807) is 0 Å². The SMILES string of the molecule is C1=c2c(n(-c3ccc4c5ccccc5c5ccccc5c4c3)c3ccccc23)=CC2Sc3ccccc3C12. The average Bonchev–Trinajstić information content (AvgIpc) is 3.51. The smallest absolute Gasteiger partial charge is 0.0540 e. The highest BCUT2D eigenvalue weighted by Crippen LogP contribution is 2.47. The lowest BCUT2D eigenvalue weighted by molar-refractivity contribution is 0.930. The van der Waals surface area contributed by atoms with Crippen molar-refractivity contribution in [2.24, 2.45) is 0 Å². The summed E-state index contributed by atoms with van der Waals surface area (Å²) in [4.78, 5) is 1.42. The zero-order valence-electron chi connectivity index (χ0n) is 20.6. The summed E-state index contributed by atoms with van der Waals surface area (Å²) in [6, 6.07) is 42.5. The fourth-order valence-corrected chi connectivity index (χ4v) is 8.21. The van der Waals surface area contributed by atoms with Gasteiger partial charge in [0.15, 0.2) is 0 Å². The Balaban J connectivity index is 1.37. The van der Waals surface area contributed by atoms with Crippen LogP contribution in [-0.4, -0.2) is 9.82 Å². The molecule has 9 rings (SSSR count). The van der Waals surface area contributed by atoms with Crippen molar-refractivity contribution in [1.82, 2.24) is 4.57 Å². The Morgan fingerprint density at radius 1 is 0.526 bits per heavy atom. The normalized spacial score (nSPS) is 17.8. The fourth-order valence-electron chi connectivity index (χ4n) is 6.85. The molecule has 0 bridgehead atoms. The minimum atomic E-state index is 0.424. The third-order valence-corrected chi connectivity index (χ3v) is 9.83. The van der Waals surface area contributed by atoms with Crippen molar-refractivity contribution in [2.75, 3.05) is 0 Å². The molecule has 178 valence electrons. The summed E-state index contributed by atoms with van der Waals surface area (Å²) in [6.45, 7) is 0. The highest BCUT2D eigenvalue weighted by atomic mass is 32.2. The minimum absolute atomic E-state index is 0.424. The predicted octanol–water partition coefficient (Wildman–Crippen LogP) is 7.92. The molecule has 0 fully saturated rings. The van der Waals surface area contributed by atoms with Crippen LogP contribution in [-0.2, 0) is 0 Å². The number of rotatable bonds is 1. The molecule has 0 spiro atoms. The average molecular weight is 502 g/mol. The van der Waals surface area contributed by atoms with E-state index in [9.17, 15) is 0 Å². The molecule has 6 aromatic carbocycles. The second-order valence-corrected chi connectivity index (χ2v) is 11.7. The van der Waals surface area contributed by atoms with E-state index >= 15 is 0 Å². The summed E-state index contributed by atoms with van der Waals surface area (Å²) < 4.78 is 2.49. The van der Waals surface area contributed by atoms with Crippen LogP contribution in [0.3, 0.4) is 0 Å². The number of hydrogen-bond acceptors (Lipinski definition) is 1. The molecular weight excluding hydrogens is 478 g/mol. The van der Waals surface area contributed by atoms with Gasteiger partial charge in [-0.3, -0.25) is 0 Å². The number of para-hydroxylation sites is 1. The molecule has 2 heterocycles. The van der Waals surface area contributed by atoms with Crippen LogP contribution in [0.1, 0.15) is 11.5 Å². The quantitative estimate of drug-likeness (QED) is 0.207. The Labute approximate surface area is 224 Å². The van der Waals surface area contributed by atoms with Gasteiger partial charge in [0, 0.05) is 32.4 Å². The molecule has 1 aromatic heterocycles. The molecular formula is C36H23NS. The highest BCUT2D eigenvalue weighted by Gasteiger charge is 2.32. The fraction of sp³-hybridized carbons (Fsp3) is 0.0556. The van der Waals surface area contributed by atoms with Gasteiger partial charge in [0.2, 0.25) is 0 Å². The third-order valence-electron chi connectivity index (χ3n) is 8.50. The number of fused-ring (bicyclic) bond motifs is 12. The summed E-state index contributed by atoms with van der Waals surface area (Å²) >= 11 is 2.00. The highest BCUT2D eigenvalue weighted by molar-refractivity contribution is 8.00. The molecule has 0 saturated carbocycles. The van der Waals surface area contributed by atoms with Gasteiger partial charge in [-0.2, -0.15) is 0 Å². The second kappa shape index (κ2) is 7.63. The Morgan fingerprint density at radius 3 is 1.89 bits per heavy atom. The first-order chi connectivity index (χ1) is 18.8. The van der Waals surface area contributed by atoms with Crippen molar-refractivity contribution in [3.05, 3.63) is 131 Å². The van der Waals surface area contributed by atoms with Gasteiger partial charge in [-0.05, 0) is 68.2 Å². The van der Waals surface area contributed by atoms with Gasteiger partial charge in [0.1, 0.15) is 0 Å². The molecule has 0 amide bonds. The summed E-state index contributed by atoms with van der Waals surface area (Å²) in [7, 11) is 0. The van der Waals surface area contributed by atoms with Crippen LogP contribution >= 0.6 is 11.8 Å². The van der Waals surface area contributed by atoms with Gasteiger partial charge in [0.05, 0.1) is 10.9 Å². The third kappa shape index (κ3) is 2.73. The van der Waals surface area contributed by atoms with Crippen molar-refractivity contribution < 1.29 is 0 Å². The lowest BCUT2D eigenvalue weighted by Crippen LogP contribution is -2.34. The molecule has 0 radical (unpaired) electrons. The standard InChI is InChI=1S/C36H23NS/c1-2-11-25-23(9-1)24-10-3-4-12-26(24)30-19-22(17-18-27(25)30)37-33-15-7-5-13-28(33)31-20-32-29-14-6-8-16-35(29)38-36(32)21-34(31)37/h1-21,32,36H. The Hall–Kier alpha value is -4.27. The first-order valence-corrected chi connectivity index (χ1v) is 14.2. The summed E-state index contributed by atoms with van der Waals surface area (Å²) in [6.07, 6.45) is 5.05. The maximum absolute atomic E-state index is 2.53. The zero-order valence-corrected chi connectivity index (χ0v) is 21.5. The molecule has 0 N–H and O–H groups in total. The monoisotopic (exact) mass is 501 g/mol. The van der Waals surface area contributed by atoms with Crippen LogP contribution in [0.4, 0.5) is 0 Å². The molecule has 1 aliphatic carbocycles. The van der Waals surface area contributed by atoms with Crippen molar-refractivity contribution in [1.29, 1.82) is 0 Å². The predicted molar refractivity (Wildman–Crippen MR) is 163 cm³/mol. The van der Waals surface area contributed by atoms with E-state index < -0.39 is 0 Å². The largest absolute Gasteiger partial charge is 0.310 e. The Bertz CT molecular complexity index is 2200. The maximum Gasteiger partial charge on any atom is 0.0540 e. The number of thioether (sulfide) groups is 1. The zero-order chi connectivity index (χ0) is 24.8. The lowest BCUT2D eigenvalue weighted by atomic mass is 9.91. The van der Waals surface area contributed by atoms with Crippen LogP contribution in [0.5, 0.6) is 0 Å². The summed E-state index contributed by atoms with van der Waals surface area (Å²) in [5, 5.41) is 12.3. The first-order valence-electron chi connectivity index (χ1n) is 13.3. The van der Waals surface area contributed by atoms with E-state index in [1.165, 1.54) is 69.9 Å². The number of nitrogens with zero attached hydrogens (tertiary/aromatic N) is 1. The van der Waals surface area contributed by atoms with Crippen molar-refractivity contribution >= 4 is 67.1 Å². The molecule has 2 atom stereocenters. The van der Waals surface area contributed by atoms with E-state index in [2.05, 4.69) is 132 Å².